The highest BCUT2D eigenvalue weighted by atomic mass is 32.2. The Hall–Kier alpha value is -0.920. The average Bonchev–Trinajstić information content (AvgIpc) is 2.25. The first-order valence-corrected chi connectivity index (χ1v) is 7.05. The molecule has 0 aliphatic heterocycles. The fraction of sp³-hybridized carbons (Fsp3) is 0.727. The Balaban J connectivity index is 4.39. The molecule has 0 saturated carbocycles. The molecule has 0 aliphatic carbocycles. The van der Waals surface area contributed by atoms with Gasteiger partial charge in [-0.2, -0.15) is 3.89 Å². The number of hydrogen-bond acceptors (Lipinski definition) is 5. The predicted molar refractivity (Wildman–Crippen MR) is 67.9 cm³/mol. The lowest BCUT2D eigenvalue weighted by Gasteiger charge is -2.26. The van der Waals surface area contributed by atoms with E-state index >= 15 is 0 Å². The lowest BCUT2D eigenvalue weighted by Crippen LogP contribution is -2.48. The van der Waals surface area contributed by atoms with Gasteiger partial charge in [0.05, 0.1) is 20.7 Å². The van der Waals surface area contributed by atoms with Crippen LogP contribution in [-0.2, 0) is 24.0 Å². The lowest BCUT2D eigenvalue weighted by atomic mass is 10.4. The van der Waals surface area contributed by atoms with Gasteiger partial charge in [-0.05, 0) is 13.3 Å². The maximum absolute atomic E-state index is 11.8. The van der Waals surface area contributed by atoms with Gasteiger partial charge in [0.15, 0.2) is 0 Å². The fourth-order valence-electron chi connectivity index (χ4n) is 0.925. The highest BCUT2D eigenvalue weighted by Gasteiger charge is 2.34. The molecule has 7 heteroatoms. The van der Waals surface area contributed by atoms with Crippen molar-refractivity contribution in [2.24, 2.45) is 0 Å². The van der Waals surface area contributed by atoms with Crippen molar-refractivity contribution in [1.29, 1.82) is 0 Å². The Labute approximate surface area is 109 Å². The smallest absolute Gasteiger partial charge is 0.435 e. The lowest BCUT2D eigenvalue weighted by molar-refractivity contribution is -0.768. The van der Waals surface area contributed by atoms with Crippen LogP contribution in [0.15, 0.2) is 12.2 Å². The van der Waals surface area contributed by atoms with Crippen LogP contribution in [0.5, 0.6) is 0 Å². The van der Waals surface area contributed by atoms with Crippen LogP contribution in [0.3, 0.4) is 0 Å². The largest absolute Gasteiger partial charge is 0.456 e. The van der Waals surface area contributed by atoms with E-state index in [1.165, 1.54) is 21.0 Å². The molecule has 0 atom stereocenters. The maximum Gasteiger partial charge on any atom is 0.435 e. The Morgan fingerprint density at radius 2 is 1.83 bits per heavy atom. The zero-order chi connectivity index (χ0) is 14.4. The third kappa shape index (κ3) is 5.16. The van der Waals surface area contributed by atoms with E-state index in [9.17, 15) is 13.2 Å². The number of carbonyl (C=O) groups is 1. The van der Waals surface area contributed by atoms with Gasteiger partial charge in [0.1, 0.15) is 13.2 Å². The Morgan fingerprint density at radius 3 is 2.28 bits per heavy atom. The van der Waals surface area contributed by atoms with E-state index in [2.05, 4.69) is 6.58 Å². The summed E-state index contributed by atoms with van der Waals surface area (Å²) in [5.41, 5.74) is 0.283. The third-order valence-electron chi connectivity index (χ3n) is 2.25. The van der Waals surface area contributed by atoms with E-state index in [1.807, 2.05) is 6.92 Å². The van der Waals surface area contributed by atoms with Gasteiger partial charge in [0, 0.05) is 5.57 Å². The summed E-state index contributed by atoms with van der Waals surface area (Å²) in [5, 5.41) is 0. The summed E-state index contributed by atoms with van der Waals surface area (Å²) >= 11 is 0. The zero-order valence-electron chi connectivity index (χ0n) is 11.4. The molecule has 0 aromatic carbocycles. The van der Waals surface area contributed by atoms with Crippen LogP contribution in [0.1, 0.15) is 20.3 Å². The summed E-state index contributed by atoms with van der Waals surface area (Å²) < 4.78 is 32.9. The maximum atomic E-state index is 11.8. The van der Waals surface area contributed by atoms with Gasteiger partial charge in [0.2, 0.25) is 0 Å². The van der Waals surface area contributed by atoms with E-state index in [0.29, 0.717) is 6.42 Å². The van der Waals surface area contributed by atoms with Crippen molar-refractivity contribution < 1.29 is 26.0 Å². The Kier molecular flexibility index (Phi) is 6.51. The van der Waals surface area contributed by atoms with Gasteiger partial charge in [0.25, 0.3) is 0 Å². The molecule has 0 spiro atoms. The average molecular weight is 280 g/mol. The first-order chi connectivity index (χ1) is 8.14. The van der Waals surface area contributed by atoms with Crippen molar-refractivity contribution in [2.45, 2.75) is 20.3 Å². The highest BCUT2D eigenvalue weighted by Crippen LogP contribution is 2.10. The van der Waals surface area contributed by atoms with Crippen LogP contribution in [0.25, 0.3) is 0 Å². The molecule has 0 bridgehead atoms. The molecule has 0 aromatic rings. The van der Waals surface area contributed by atoms with Crippen LogP contribution in [-0.4, -0.2) is 52.1 Å². The molecule has 18 heavy (non-hydrogen) atoms. The van der Waals surface area contributed by atoms with Crippen molar-refractivity contribution in [2.75, 3.05) is 33.9 Å². The molecule has 0 rings (SSSR count). The van der Waals surface area contributed by atoms with Crippen molar-refractivity contribution in [3.8, 4) is 0 Å². The molecule has 0 saturated heterocycles. The molecule has 0 fully saturated rings. The van der Waals surface area contributed by atoms with Crippen LogP contribution >= 0.6 is 0 Å². The van der Waals surface area contributed by atoms with Crippen LogP contribution < -0.4 is 0 Å². The van der Waals surface area contributed by atoms with Gasteiger partial charge in [-0.15, -0.1) is 8.42 Å². The number of likely N-dealkylation sites (N-methyl/N-ethyl adjacent to an activating group) is 1. The molecule has 0 amide bonds. The second-order valence-electron chi connectivity index (χ2n) is 4.46. The number of hydrogen-bond donors (Lipinski definition) is 0. The van der Waals surface area contributed by atoms with Gasteiger partial charge in [-0.3, -0.25) is 0 Å². The third-order valence-corrected chi connectivity index (χ3v) is 4.11. The molecule has 0 aliphatic rings. The quantitative estimate of drug-likeness (QED) is 0.374. The fourth-order valence-corrected chi connectivity index (χ4v) is 1.89. The molecular formula is C11H22NO5S+. The van der Waals surface area contributed by atoms with E-state index < -0.39 is 20.2 Å². The van der Waals surface area contributed by atoms with E-state index in [1.54, 1.807) is 0 Å². The molecule has 6 nitrogen and oxygen atoms in total. The number of rotatable bonds is 8. The standard InChI is InChI=1S/C11H22NO5S/c1-6-8-17-18(14,15)12(4,5)7-9-16-11(13)10(2)3/h2,6-9H2,1,3-5H3/q+1. The highest BCUT2D eigenvalue weighted by molar-refractivity contribution is 7.81. The van der Waals surface area contributed by atoms with Gasteiger partial charge in [-0.1, -0.05) is 13.5 Å². The molecule has 0 N–H and O–H groups in total. The normalized spacial score (nSPS) is 12.2. The van der Waals surface area contributed by atoms with E-state index in [-0.39, 0.29) is 25.3 Å². The van der Waals surface area contributed by atoms with Crippen molar-refractivity contribution in [3.05, 3.63) is 12.2 Å². The zero-order valence-corrected chi connectivity index (χ0v) is 12.2. The summed E-state index contributed by atoms with van der Waals surface area (Å²) in [6, 6.07) is 0. The van der Waals surface area contributed by atoms with Gasteiger partial charge < -0.3 is 4.74 Å². The number of ether oxygens (including phenoxy) is 1. The summed E-state index contributed by atoms with van der Waals surface area (Å²) in [4.78, 5) is 11.1. The molecule has 0 radical (unpaired) electrons. The topological polar surface area (TPSA) is 69.7 Å². The molecule has 106 valence electrons. The van der Waals surface area contributed by atoms with Gasteiger partial charge >= 0.3 is 16.3 Å². The number of carbonyl (C=O) groups excluding carboxylic acids is 1. The molecular weight excluding hydrogens is 258 g/mol. The summed E-state index contributed by atoms with van der Waals surface area (Å²) in [6.45, 7) is 7.05. The molecule has 0 aromatic heterocycles. The first-order valence-electron chi connectivity index (χ1n) is 5.69. The van der Waals surface area contributed by atoms with Crippen molar-refractivity contribution in [1.82, 2.24) is 0 Å². The second kappa shape index (κ2) is 6.86. The van der Waals surface area contributed by atoms with Gasteiger partial charge in [-0.25, -0.2) is 8.98 Å². The van der Waals surface area contributed by atoms with Crippen molar-refractivity contribution in [3.63, 3.8) is 0 Å². The van der Waals surface area contributed by atoms with Crippen LogP contribution in [0.4, 0.5) is 0 Å². The number of nitrogens with zero attached hydrogens (tertiary/aromatic N) is 1. The Morgan fingerprint density at radius 1 is 1.28 bits per heavy atom. The van der Waals surface area contributed by atoms with Crippen LogP contribution in [0.2, 0.25) is 0 Å². The number of quaternary nitrogens is 1. The SMILES string of the molecule is C=C(C)C(=O)OCC[N+](C)(C)S(=O)(=O)OCCC. The van der Waals surface area contributed by atoms with E-state index in [0.717, 1.165) is 0 Å². The predicted octanol–water partition coefficient (Wildman–Crippen LogP) is 0.853. The summed E-state index contributed by atoms with van der Waals surface area (Å²) in [7, 11) is -0.745. The second-order valence-corrected chi connectivity index (χ2v) is 6.54. The monoisotopic (exact) mass is 280 g/mol. The minimum Gasteiger partial charge on any atom is -0.456 e. The number of esters is 1. The van der Waals surface area contributed by atoms with E-state index in [4.69, 9.17) is 8.92 Å². The van der Waals surface area contributed by atoms with Crippen molar-refractivity contribution >= 4 is 16.3 Å². The minimum atomic E-state index is -3.72. The van der Waals surface area contributed by atoms with Crippen LogP contribution in [0, 0.1) is 0 Å². The molecule has 0 heterocycles. The first kappa shape index (κ1) is 17.1. The summed E-state index contributed by atoms with van der Waals surface area (Å²) in [6.07, 6.45) is 0.615. The minimum absolute atomic E-state index is 0.00654. The summed E-state index contributed by atoms with van der Waals surface area (Å²) in [5.74, 6) is -0.526. The molecule has 0 unspecified atom stereocenters. The Bertz CT molecular complexity index is 400.